The van der Waals surface area contributed by atoms with Gasteiger partial charge in [0.1, 0.15) is 22.6 Å². The van der Waals surface area contributed by atoms with Gasteiger partial charge in [0.2, 0.25) is 0 Å². The van der Waals surface area contributed by atoms with Crippen molar-refractivity contribution in [1.82, 2.24) is 9.78 Å². The number of thiophene rings is 1. The fourth-order valence-electron chi connectivity index (χ4n) is 2.65. The minimum Gasteiger partial charge on any atom is -0.462 e. The first kappa shape index (κ1) is 20.1. The van der Waals surface area contributed by atoms with E-state index >= 15 is 0 Å². The van der Waals surface area contributed by atoms with E-state index in [1.54, 1.807) is 29.9 Å². The van der Waals surface area contributed by atoms with E-state index in [4.69, 9.17) is 15.2 Å². The Morgan fingerprint density at radius 1 is 1.24 bits per heavy atom. The highest BCUT2D eigenvalue weighted by Gasteiger charge is 2.24. The normalized spacial score (nSPS) is 10.3. The largest absolute Gasteiger partial charge is 0.462 e. The molecule has 148 valence electrons. The van der Waals surface area contributed by atoms with E-state index in [2.05, 4.69) is 5.10 Å². The summed E-state index contributed by atoms with van der Waals surface area (Å²) in [5, 5.41) is 13.6. The van der Waals surface area contributed by atoms with Crippen LogP contribution < -0.4 is 5.73 Å². The van der Waals surface area contributed by atoms with Crippen molar-refractivity contribution in [2.24, 2.45) is 0 Å². The molecule has 1 aromatic carbocycles. The molecule has 0 fully saturated rings. The third-order valence-electron chi connectivity index (χ3n) is 4.05. The monoisotopic (exact) mass is 410 g/mol. The minimum absolute atomic E-state index is 0.125. The Labute approximate surface area is 171 Å². The van der Waals surface area contributed by atoms with Crippen LogP contribution in [0.2, 0.25) is 0 Å². The summed E-state index contributed by atoms with van der Waals surface area (Å²) in [5.41, 5.74) is 7.54. The van der Waals surface area contributed by atoms with Crippen LogP contribution in [0, 0.1) is 11.3 Å². The number of nitrogens with two attached hydrogens (primary N) is 1. The lowest BCUT2D eigenvalue weighted by atomic mass is 10.1. The maximum Gasteiger partial charge on any atom is 0.348 e. The molecule has 0 unspecified atom stereocenters. The third-order valence-corrected chi connectivity index (χ3v) is 5.09. The van der Waals surface area contributed by atoms with Crippen molar-refractivity contribution in [2.45, 2.75) is 20.1 Å². The van der Waals surface area contributed by atoms with Crippen molar-refractivity contribution in [3.05, 3.63) is 69.9 Å². The number of anilines is 1. The highest BCUT2D eigenvalue weighted by molar-refractivity contribution is 7.18. The molecule has 2 heterocycles. The predicted molar refractivity (Wildman–Crippen MR) is 106 cm³/mol. The zero-order chi connectivity index (χ0) is 20.8. The molecule has 0 aliphatic carbocycles. The van der Waals surface area contributed by atoms with Crippen LogP contribution in [0.15, 0.2) is 42.7 Å². The summed E-state index contributed by atoms with van der Waals surface area (Å²) in [6.07, 6.45) is 3.55. The molecule has 0 spiro atoms. The summed E-state index contributed by atoms with van der Waals surface area (Å²) in [7, 11) is 0. The number of hydrogen-bond donors (Lipinski definition) is 1. The van der Waals surface area contributed by atoms with Crippen molar-refractivity contribution in [3.63, 3.8) is 0 Å². The predicted octanol–water partition coefficient (Wildman–Crippen LogP) is 2.98. The highest BCUT2D eigenvalue weighted by Crippen LogP contribution is 2.32. The number of nitrogen functional groups attached to an aromatic ring is 1. The van der Waals surface area contributed by atoms with Crippen molar-refractivity contribution in [2.75, 3.05) is 12.3 Å². The van der Waals surface area contributed by atoms with Gasteiger partial charge in [0.15, 0.2) is 0 Å². The van der Waals surface area contributed by atoms with Crippen molar-refractivity contribution >= 4 is 28.3 Å². The van der Waals surface area contributed by atoms with Crippen LogP contribution in [0.25, 0.3) is 0 Å². The van der Waals surface area contributed by atoms with Gasteiger partial charge in [-0.1, -0.05) is 12.1 Å². The lowest BCUT2D eigenvalue weighted by Gasteiger charge is -2.08. The number of nitrogens with zero attached hydrogens (tertiary/aromatic N) is 3. The van der Waals surface area contributed by atoms with E-state index in [0.717, 1.165) is 16.9 Å². The number of rotatable bonds is 7. The van der Waals surface area contributed by atoms with Crippen molar-refractivity contribution < 1.29 is 19.1 Å². The maximum atomic E-state index is 12.4. The van der Waals surface area contributed by atoms with Gasteiger partial charge in [0, 0.05) is 18.0 Å². The van der Waals surface area contributed by atoms with Crippen LogP contribution in [0.1, 0.15) is 43.6 Å². The molecule has 0 saturated heterocycles. The lowest BCUT2D eigenvalue weighted by molar-refractivity contribution is 0.0452. The summed E-state index contributed by atoms with van der Waals surface area (Å²) < 4.78 is 12.1. The molecule has 0 bridgehead atoms. The molecular weight excluding hydrogens is 392 g/mol. The number of nitriles is 1. The minimum atomic E-state index is -0.597. The van der Waals surface area contributed by atoms with Gasteiger partial charge < -0.3 is 15.2 Å². The summed E-state index contributed by atoms with van der Waals surface area (Å²) in [4.78, 5) is 24.7. The molecule has 3 aromatic rings. The Morgan fingerprint density at radius 3 is 2.62 bits per heavy atom. The average molecular weight is 410 g/mol. The second-order valence-electron chi connectivity index (χ2n) is 5.96. The number of carbonyl (C=O) groups excluding carboxylic acids is 2. The van der Waals surface area contributed by atoms with Gasteiger partial charge in [0.25, 0.3) is 0 Å². The standard InChI is InChI=1S/C20H18N4O4S/c1-2-27-20(26)17-16(15(10-21)18(22)29-17)12-28-19(25)14-6-4-13(5-7-14)11-24-9-3-8-23-24/h3-9H,2,11-12,22H2,1H3. The number of carbonyl (C=O) groups is 2. The summed E-state index contributed by atoms with van der Waals surface area (Å²) in [6.45, 7) is 2.20. The van der Waals surface area contributed by atoms with Crippen LogP contribution in [0.5, 0.6) is 0 Å². The van der Waals surface area contributed by atoms with Gasteiger partial charge in [0.05, 0.1) is 24.3 Å². The number of esters is 2. The topological polar surface area (TPSA) is 120 Å². The Bertz CT molecular complexity index is 1050. The Hall–Kier alpha value is -3.64. The van der Waals surface area contributed by atoms with Gasteiger partial charge in [-0.05, 0) is 30.7 Å². The Morgan fingerprint density at radius 2 is 2.00 bits per heavy atom. The number of ether oxygens (including phenoxy) is 2. The van der Waals surface area contributed by atoms with Crippen LogP contribution in [-0.4, -0.2) is 28.3 Å². The number of hydrogen-bond acceptors (Lipinski definition) is 8. The van der Waals surface area contributed by atoms with Gasteiger partial charge in [-0.2, -0.15) is 10.4 Å². The van der Waals surface area contributed by atoms with Crippen LogP contribution in [-0.2, 0) is 22.6 Å². The van der Waals surface area contributed by atoms with Crippen molar-refractivity contribution in [1.29, 1.82) is 5.26 Å². The average Bonchev–Trinajstić information content (AvgIpc) is 3.34. The summed E-state index contributed by atoms with van der Waals surface area (Å²) in [5.74, 6) is -1.17. The van der Waals surface area contributed by atoms with E-state index in [9.17, 15) is 14.9 Å². The second-order valence-corrected chi connectivity index (χ2v) is 7.01. The second kappa shape index (κ2) is 9.03. The lowest BCUT2D eigenvalue weighted by Crippen LogP contribution is -2.10. The molecule has 0 radical (unpaired) electrons. The van der Waals surface area contributed by atoms with Crippen LogP contribution in [0.4, 0.5) is 5.00 Å². The molecule has 0 saturated carbocycles. The van der Waals surface area contributed by atoms with Gasteiger partial charge >= 0.3 is 11.9 Å². The van der Waals surface area contributed by atoms with Crippen LogP contribution >= 0.6 is 11.3 Å². The number of aromatic nitrogens is 2. The molecule has 2 aromatic heterocycles. The van der Waals surface area contributed by atoms with E-state index < -0.39 is 11.9 Å². The van der Waals surface area contributed by atoms with Crippen LogP contribution in [0.3, 0.4) is 0 Å². The SMILES string of the molecule is CCOC(=O)c1sc(N)c(C#N)c1COC(=O)c1ccc(Cn2cccn2)cc1. The fourth-order valence-corrected chi connectivity index (χ4v) is 3.57. The molecule has 8 nitrogen and oxygen atoms in total. The van der Waals surface area contributed by atoms with E-state index in [1.165, 1.54) is 0 Å². The quantitative estimate of drug-likeness (QED) is 0.594. The first-order valence-corrected chi connectivity index (χ1v) is 9.57. The van der Waals surface area contributed by atoms with Gasteiger partial charge in [-0.3, -0.25) is 4.68 Å². The van der Waals surface area contributed by atoms with E-state index in [-0.39, 0.29) is 34.2 Å². The van der Waals surface area contributed by atoms with E-state index in [1.807, 2.05) is 30.5 Å². The Balaban J connectivity index is 1.70. The molecule has 3 rings (SSSR count). The highest BCUT2D eigenvalue weighted by atomic mass is 32.1. The first-order chi connectivity index (χ1) is 14.0. The molecule has 0 aliphatic rings. The number of benzene rings is 1. The fraction of sp³-hybridized carbons (Fsp3) is 0.200. The first-order valence-electron chi connectivity index (χ1n) is 8.75. The molecule has 0 atom stereocenters. The van der Waals surface area contributed by atoms with Gasteiger partial charge in [-0.25, -0.2) is 9.59 Å². The molecular formula is C20H18N4O4S. The zero-order valence-corrected chi connectivity index (χ0v) is 16.4. The molecule has 0 amide bonds. The summed E-state index contributed by atoms with van der Waals surface area (Å²) >= 11 is 0.946. The van der Waals surface area contributed by atoms with Crippen molar-refractivity contribution in [3.8, 4) is 6.07 Å². The maximum absolute atomic E-state index is 12.4. The Kier molecular flexibility index (Phi) is 6.26. The summed E-state index contributed by atoms with van der Waals surface area (Å²) in [6, 6.07) is 10.7. The molecule has 0 aliphatic heterocycles. The molecule has 2 N–H and O–H groups in total. The van der Waals surface area contributed by atoms with Gasteiger partial charge in [-0.15, -0.1) is 11.3 Å². The third kappa shape index (κ3) is 4.62. The smallest absolute Gasteiger partial charge is 0.348 e. The molecule has 29 heavy (non-hydrogen) atoms. The van der Waals surface area contributed by atoms with E-state index in [0.29, 0.717) is 12.1 Å². The zero-order valence-electron chi connectivity index (χ0n) is 15.6. The molecule has 9 heteroatoms.